The van der Waals surface area contributed by atoms with Crippen molar-refractivity contribution in [1.82, 2.24) is 9.97 Å². The van der Waals surface area contributed by atoms with Crippen LogP contribution in [0.2, 0.25) is 5.02 Å². The number of halogens is 1. The van der Waals surface area contributed by atoms with Gasteiger partial charge < -0.3 is 14.7 Å². The topological polar surface area (TPSA) is 92.6 Å². The lowest BCUT2D eigenvalue weighted by atomic mass is 9.82. The molecule has 1 aliphatic carbocycles. The van der Waals surface area contributed by atoms with Crippen molar-refractivity contribution < 1.29 is 23.9 Å². The number of benzene rings is 2. The number of carbonyl (C=O) groups excluding carboxylic acids is 1. The van der Waals surface area contributed by atoms with Crippen LogP contribution in [0.1, 0.15) is 64.7 Å². The van der Waals surface area contributed by atoms with E-state index in [1.165, 1.54) is 0 Å². The number of ether oxygens (including phenoxy) is 1. The van der Waals surface area contributed by atoms with E-state index < -0.39 is 6.16 Å². The number of hydrogen-bond donors (Lipinski definition) is 1. The Hall–Kier alpha value is -3.49. The van der Waals surface area contributed by atoms with Crippen molar-refractivity contribution >= 4 is 29.5 Å². The highest BCUT2D eigenvalue weighted by molar-refractivity contribution is 6.33. The first-order valence-electron chi connectivity index (χ1n) is 13.4. The van der Waals surface area contributed by atoms with E-state index in [0.29, 0.717) is 10.6 Å². The van der Waals surface area contributed by atoms with Crippen LogP contribution in [-0.2, 0) is 6.42 Å². The number of aryl methyl sites for hydroxylation is 3. The minimum Gasteiger partial charge on any atom is -0.449 e. The van der Waals surface area contributed by atoms with Gasteiger partial charge in [-0.2, -0.15) is 0 Å². The van der Waals surface area contributed by atoms with Crippen LogP contribution in [0.15, 0.2) is 48.5 Å². The maximum atomic E-state index is 14.5. The minimum absolute atomic E-state index is 0.0184. The zero-order chi connectivity index (χ0) is 27.7. The van der Waals surface area contributed by atoms with Crippen molar-refractivity contribution in [3.63, 3.8) is 0 Å². The van der Waals surface area contributed by atoms with Crippen molar-refractivity contribution in [2.45, 2.75) is 58.0 Å². The number of amides is 1. The first kappa shape index (κ1) is 27.1. The molecule has 5 rings (SSSR count). The number of carboxylic acid groups (broad SMARTS) is 1. The van der Waals surface area contributed by atoms with Gasteiger partial charge in [0, 0.05) is 49.7 Å². The largest absolute Gasteiger partial charge is 0.511 e. The number of piperidine rings is 1. The average Bonchev–Trinajstić information content (AvgIpc) is 2.91. The van der Waals surface area contributed by atoms with Crippen LogP contribution in [0.5, 0.6) is 5.75 Å². The van der Waals surface area contributed by atoms with Crippen LogP contribution < -0.4 is 9.64 Å². The van der Waals surface area contributed by atoms with Crippen molar-refractivity contribution in [2.75, 3.05) is 25.0 Å². The number of hydrogen-bond acceptors (Lipinski definition) is 6. The summed E-state index contributed by atoms with van der Waals surface area (Å²) >= 11 is 6.58. The molecule has 1 saturated heterocycles. The lowest BCUT2D eigenvalue weighted by molar-refractivity contribution is -0.888. The van der Waals surface area contributed by atoms with Gasteiger partial charge in [0.2, 0.25) is 0 Å². The minimum atomic E-state index is -1.35. The van der Waals surface area contributed by atoms with E-state index in [2.05, 4.69) is 14.9 Å². The average molecular weight is 550 g/mol. The highest BCUT2D eigenvalue weighted by atomic mass is 35.5. The Bertz CT molecular complexity index is 1390. The van der Waals surface area contributed by atoms with Gasteiger partial charge in [-0.15, -0.1) is 0 Å². The Morgan fingerprint density at radius 3 is 2.49 bits per heavy atom. The van der Waals surface area contributed by atoms with E-state index in [4.69, 9.17) is 16.3 Å². The summed E-state index contributed by atoms with van der Waals surface area (Å²) < 4.78 is 5.19. The molecule has 1 unspecified atom stereocenters. The number of aromatic nitrogens is 2. The predicted octanol–water partition coefficient (Wildman–Crippen LogP) is 6.14. The van der Waals surface area contributed by atoms with Crippen LogP contribution >= 0.6 is 11.6 Å². The molecule has 1 aliphatic heterocycles. The molecule has 1 fully saturated rings. The van der Waals surface area contributed by atoms with Crippen LogP contribution in [0.25, 0.3) is 0 Å². The van der Waals surface area contributed by atoms with E-state index in [-0.39, 0.29) is 28.2 Å². The normalized spacial score (nSPS) is 19.2. The summed E-state index contributed by atoms with van der Waals surface area (Å²) in [4.78, 5) is 37.1. The van der Waals surface area contributed by atoms with Gasteiger partial charge >= 0.3 is 12.1 Å². The second-order valence-electron chi connectivity index (χ2n) is 10.7. The number of anilines is 1. The molecule has 1 aromatic heterocycles. The SMILES string of the molecule is Cc1cc(N2CCC([N+](C)(C(=O)c3ccccc3Cl)[C@@H]3CCCc4ccc(OC(=O)O)cc43)CC2)nc(C)n1. The van der Waals surface area contributed by atoms with Gasteiger partial charge in [0.15, 0.2) is 0 Å². The third-order valence-electron chi connectivity index (χ3n) is 8.29. The summed E-state index contributed by atoms with van der Waals surface area (Å²) in [5.74, 6) is 1.92. The third kappa shape index (κ3) is 5.36. The summed E-state index contributed by atoms with van der Waals surface area (Å²) in [5, 5.41) is 9.65. The zero-order valence-electron chi connectivity index (χ0n) is 22.6. The molecule has 9 heteroatoms. The Labute approximate surface area is 233 Å². The van der Waals surface area contributed by atoms with Crippen molar-refractivity contribution in [3.05, 3.63) is 81.8 Å². The van der Waals surface area contributed by atoms with Gasteiger partial charge in [0.25, 0.3) is 0 Å². The van der Waals surface area contributed by atoms with Gasteiger partial charge in [0.1, 0.15) is 23.4 Å². The molecule has 39 heavy (non-hydrogen) atoms. The lowest BCUT2D eigenvalue weighted by Crippen LogP contribution is -2.61. The summed E-state index contributed by atoms with van der Waals surface area (Å²) in [6.07, 6.45) is 2.87. The Morgan fingerprint density at radius 1 is 1.05 bits per heavy atom. The number of carbonyl (C=O) groups is 2. The molecule has 1 N–H and O–H groups in total. The highest BCUT2D eigenvalue weighted by Crippen LogP contribution is 2.45. The van der Waals surface area contributed by atoms with Gasteiger partial charge in [-0.3, -0.25) is 0 Å². The van der Waals surface area contributed by atoms with Gasteiger partial charge in [-0.05, 0) is 56.5 Å². The first-order valence-corrected chi connectivity index (χ1v) is 13.8. The molecule has 204 valence electrons. The maximum absolute atomic E-state index is 14.5. The second kappa shape index (κ2) is 10.9. The van der Waals surface area contributed by atoms with Gasteiger partial charge in [-0.25, -0.2) is 24.0 Å². The fourth-order valence-electron chi connectivity index (χ4n) is 6.42. The predicted molar refractivity (Wildman–Crippen MR) is 149 cm³/mol. The summed E-state index contributed by atoms with van der Waals surface area (Å²) in [6, 6.07) is 14.6. The number of nitrogens with zero attached hydrogens (tertiary/aromatic N) is 4. The summed E-state index contributed by atoms with van der Waals surface area (Å²) in [6.45, 7) is 5.42. The zero-order valence-corrected chi connectivity index (χ0v) is 23.3. The molecular formula is C30H34ClN4O4+. The first-order chi connectivity index (χ1) is 18.7. The monoisotopic (exact) mass is 549 g/mol. The van der Waals surface area contributed by atoms with Crippen LogP contribution in [0, 0.1) is 13.8 Å². The molecule has 0 radical (unpaired) electrons. The smallest absolute Gasteiger partial charge is 0.449 e. The molecule has 0 bridgehead atoms. The Morgan fingerprint density at radius 2 is 1.79 bits per heavy atom. The molecule has 2 atom stereocenters. The summed E-state index contributed by atoms with van der Waals surface area (Å²) in [7, 11) is 2.04. The quantitative estimate of drug-likeness (QED) is 0.232. The van der Waals surface area contributed by atoms with Crippen molar-refractivity contribution in [1.29, 1.82) is 0 Å². The number of fused-ring (bicyclic) bond motifs is 1. The van der Waals surface area contributed by atoms with E-state index in [0.717, 1.165) is 73.7 Å². The van der Waals surface area contributed by atoms with Gasteiger partial charge in [-0.1, -0.05) is 29.8 Å². The molecule has 0 saturated carbocycles. The molecular weight excluding hydrogens is 516 g/mol. The Kier molecular flexibility index (Phi) is 7.60. The molecule has 2 aliphatic rings. The van der Waals surface area contributed by atoms with Gasteiger partial charge in [0.05, 0.1) is 23.7 Å². The third-order valence-corrected chi connectivity index (χ3v) is 8.62. The van der Waals surface area contributed by atoms with E-state index in [1.807, 2.05) is 51.2 Å². The van der Waals surface area contributed by atoms with E-state index >= 15 is 0 Å². The molecule has 8 nitrogen and oxygen atoms in total. The molecule has 3 aromatic rings. The van der Waals surface area contributed by atoms with Crippen molar-refractivity contribution in [3.8, 4) is 5.75 Å². The fraction of sp³-hybridized carbons (Fsp3) is 0.400. The van der Waals surface area contributed by atoms with Crippen LogP contribution in [0.3, 0.4) is 0 Å². The number of rotatable bonds is 5. The van der Waals surface area contributed by atoms with E-state index in [9.17, 15) is 14.7 Å². The van der Waals surface area contributed by atoms with E-state index in [1.54, 1.807) is 18.2 Å². The molecule has 1 amide bonds. The fourth-order valence-corrected chi connectivity index (χ4v) is 6.64. The lowest BCUT2D eigenvalue weighted by Gasteiger charge is -2.49. The van der Waals surface area contributed by atoms with Crippen LogP contribution in [-0.4, -0.2) is 57.8 Å². The second-order valence-corrected chi connectivity index (χ2v) is 11.1. The highest BCUT2D eigenvalue weighted by Gasteiger charge is 2.50. The number of quaternary nitrogens is 1. The standard InChI is InChI=1S/C30H33ClN4O4/c1-19-17-28(33-20(2)32-19)34-15-13-22(14-16-34)35(3,29(36)24-8-4-5-9-26(24)31)27-10-6-7-21-11-12-23(18-25(21)27)39-30(37)38/h4-5,8-9,11-12,17-18,22,27H,6-7,10,13-16H2,1-3H3/p+1/t27-,35?/m1/s1. The maximum Gasteiger partial charge on any atom is 0.511 e. The van der Waals surface area contributed by atoms with Crippen LogP contribution in [0.4, 0.5) is 10.6 Å². The van der Waals surface area contributed by atoms with Crippen molar-refractivity contribution in [2.24, 2.45) is 0 Å². The molecule has 2 heterocycles. The summed E-state index contributed by atoms with van der Waals surface area (Å²) in [5.41, 5.74) is 3.56. The Balaban J connectivity index is 1.53. The molecule has 0 spiro atoms. The molecule has 2 aromatic carbocycles.